The highest BCUT2D eigenvalue weighted by Gasteiger charge is 2.32. The van der Waals surface area contributed by atoms with Gasteiger partial charge in [-0.15, -0.1) is 0 Å². The number of rotatable bonds is 4. The molecule has 0 amide bonds. The lowest BCUT2D eigenvalue weighted by Gasteiger charge is -2.37. The summed E-state index contributed by atoms with van der Waals surface area (Å²) in [5, 5.41) is 13.9. The van der Waals surface area contributed by atoms with Crippen LogP contribution in [0.15, 0.2) is 0 Å². The van der Waals surface area contributed by atoms with E-state index in [-0.39, 0.29) is 0 Å². The Balaban J connectivity index is 1.79. The quantitative estimate of drug-likeness (QED) is 0.775. The molecule has 1 aliphatic heterocycles. The van der Waals surface area contributed by atoms with Crippen LogP contribution in [-0.4, -0.2) is 49.7 Å². The summed E-state index contributed by atoms with van der Waals surface area (Å²) < 4.78 is 10.8. The van der Waals surface area contributed by atoms with E-state index in [1.807, 2.05) is 0 Å². The van der Waals surface area contributed by atoms with Crippen molar-refractivity contribution in [2.45, 2.75) is 56.3 Å². The van der Waals surface area contributed by atoms with E-state index in [2.05, 4.69) is 5.32 Å². The molecule has 1 saturated heterocycles. The topological polar surface area (TPSA) is 50.7 Å². The molecule has 0 radical (unpaired) electrons. The number of nitrogens with one attached hydrogen (secondary N) is 1. The lowest BCUT2D eigenvalue weighted by molar-refractivity contribution is -0.0667. The van der Waals surface area contributed by atoms with Crippen LogP contribution in [0.3, 0.4) is 0 Å². The third kappa shape index (κ3) is 3.65. The van der Waals surface area contributed by atoms with E-state index in [0.29, 0.717) is 31.9 Å². The van der Waals surface area contributed by atoms with Crippen molar-refractivity contribution in [1.82, 2.24) is 5.32 Å². The maximum absolute atomic E-state index is 10.4. The van der Waals surface area contributed by atoms with Crippen molar-refractivity contribution in [3.8, 4) is 0 Å². The van der Waals surface area contributed by atoms with Gasteiger partial charge in [0, 0.05) is 45.8 Å². The largest absolute Gasteiger partial charge is 0.388 e. The van der Waals surface area contributed by atoms with Crippen LogP contribution >= 0.6 is 0 Å². The fourth-order valence-electron chi connectivity index (χ4n) is 2.86. The lowest BCUT2D eigenvalue weighted by atomic mass is 9.90. The van der Waals surface area contributed by atoms with Gasteiger partial charge in [-0.25, -0.2) is 0 Å². The zero-order chi connectivity index (χ0) is 12.1. The normalized spacial score (nSPS) is 33.5. The molecule has 4 heteroatoms. The van der Waals surface area contributed by atoms with Crippen molar-refractivity contribution in [2.24, 2.45) is 0 Å². The molecule has 1 heterocycles. The summed E-state index contributed by atoms with van der Waals surface area (Å²) in [6.45, 7) is 2.02. The zero-order valence-corrected chi connectivity index (χ0v) is 10.8. The maximum atomic E-state index is 10.4. The smallest absolute Gasteiger partial charge is 0.0815 e. The highest BCUT2D eigenvalue weighted by Crippen LogP contribution is 2.23. The molecule has 0 aromatic heterocycles. The SMILES string of the molecule is COC1CCCCC1NCC1(O)CCOCC1. The standard InChI is InChI=1S/C13H25NO3/c1-16-12-5-3-2-4-11(12)14-10-13(15)6-8-17-9-7-13/h11-12,14-15H,2-10H2,1H3. The van der Waals surface area contributed by atoms with Gasteiger partial charge in [0.2, 0.25) is 0 Å². The van der Waals surface area contributed by atoms with Crippen LogP contribution in [0.2, 0.25) is 0 Å². The van der Waals surface area contributed by atoms with E-state index < -0.39 is 5.60 Å². The minimum atomic E-state index is -0.575. The van der Waals surface area contributed by atoms with E-state index in [1.54, 1.807) is 7.11 Å². The molecule has 2 fully saturated rings. The molecule has 2 aliphatic rings. The summed E-state index contributed by atoms with van der Waals surface area (Å²) >= 11 is 0. The highest BCUT2D eigenvalue weighted by atomic mass is 16.5. The Bertz CT molecular complexity index is 229. The molecule has 0 aromatic carbocycles. The van der Waals surface area contributed by atoms with Gasteiger partial charge in [0.1, 0.15) is 0 Å². The van der Waals surface area contributed by atoms with E-state index in [0.717, 1.165) is 25.7 Å². The second-order valence-corrected chi connectivity index (χ2v) is 5.38. The van der Waals surface area contributed by atoms with E-state index >= 15 is 0 Å². The molecule has 4 nitrogen and oxygen atoms in total. The second-order valence-electron chi connectivity index (χ2n) is 5.38. The first kappa shape index (κ1) is 13.3. The number of hydrogen-bond acceptors (Lipinski definition) is 4. The first-order valence-electron chi connectivity index (χ1n) is 6.80. The molecular formula is C13H25NO3. The molecule has 17 heavy (non-hydrogen) atoms. The molecule has 2 unspecified atom stereocenters. The summed E-state index contributed by atoms with van der Waals surface area (Å²) in [5.74, 6) is 0. The Morgan fingerprint density at radius 1 is 1.29 bits per heavy atom. The fraction of sp³-hybridized carbons (Fsp3) is 1.00. The zero-order valence-electron chi connectivity index (χ0n) is 10.8. The van der Waals surface area contributed by atoms with Crippen molar-refractivity contribution in [3.63, 3.8) is 0 Å². The Morgan fingerprint density at radius 3 is 2.71 bits per heavy atom. The average Bonchev–Trinajstić information content (AvgIpc) is 2.38. The molecular weight excluding hydrogens is 218 g/mol. The van der Waals surface area contributed by atoms with Crippen LogP contribution in [0.25, 0.3) is 0 Å². The Morgan fingerprint density at radius 2 is 2.00 bits per heavy atom. The number of aliphatic hydroxyl groups is 1. The molecule has 0 spiro atoms. The second kappa shape index (κ2) is 6.14. The van der Waals surface area contributed by atoms with Crippen LogP contribution in [0, 0.1) is 0 Å². The van der Waals surface area contributed by atoms with Crippen LogP contribution < -0.4 is 5.32 Å². The van der Waals surface area contributed by atoms with Crippen molar-refractivity contribution in [1.29, 1.82) is 0 Å². The number of ether oxygens (including phenoxy) is 2. The van der Waals surface area contributed by atoms with Gasteiger partial charge < -0.3 is 19.9 Å². The number of methoxy groups -OCH3 is 1. The van der Waals surface area contributed by atoms with E-state index in [9.17, 15) is 5.11 Å². The molecule has 2 N–H and O–H groups in total. The van der Waals surface area contributed by atoms with E-state index in [4.69, 9.17) is 9.47 Å². The first-order chi connectivity index (χ1) is 8.23. The Labute approximate surface area is 104 Å². The molecule has 1 aliphatic carbocycles. The van der Waals surface area contributed by atoms with Crippen LogP contribution in [0.4, 0.5) is 0 Å². The summed E-state index contributed by atoms with van der Waals surface area (Å²) in [5.41, 5.74) is -0.575. The molecule has 1 saturated carbocycles. The first-order valence-corrected chi connectivity index (χ1v) is 6.80. The third-order valence-corrected chi connectivity index (χ3v) is 4.12. The molecule has 2 atom stereocenters. The van der Waals surface area contributed by atoms with Crippen molar-refractivity contribution in [3.05, 3.63) is 0 Å². The fourth-order valence-corrected chi connectivity index (χ4v) is 2.86. The van der Waals surface area contributed by atoms with Crippen LogP contribution in [-0.2, 0) is 9.47 Å². The van der Waals surface area contributed by atoms with Crippen molar-refractivity contribution in [2.75, 3.05) is 26.9 Å². The molecule has 0 bridgehead atoms. The van der Waals surface area contributed by atoms with Gasteiger partial charge in [-0.1, -0.05) is 12.8 Å². The molecule has 2 rings (SSSR count). The highest BCUT2D eigenvalue weighted by molar-refractivity contribution is 4.88. The predicted molar refractivity (Wildman–Crippen MR) is 66.1 cm³/mol. The van der Waals surface area contributed by atoms with Gasteiger partial charge in [0.05, 0.1) is 11.7 Å². The summed E-state index contributed by atoms with van der Waals surface area (Å²) in [7, 11) is 1.79. The van der Waals surface area contributed by atoms with Crippen LogP contribution in [0.1, 0.15) is 38.5 Å². The predicted octanol–water partition coefficient (Wildman–Crippen LogP) is 1.08. The number of hydrogen-bond donors (Lipinski definition) is 2. The molecule has 0 aromatic rings. The average molecular weight is 243 g/mol. The Hall–Kier alpha value is -0.160. The summed E-state index contributed by atoms with van der Waals surface area (Å²) in [4.78, 5) is 0. The molecule has 100 valence electrons. The van der Waals surface area contributed by atoms with Gasteiger partial charge in [-0.2, -0.15) is 0 Å². The monoisotopic (exact) mass is 243 g/mol. The van der Waals surface area contributed by atoms with Gasteiger partial charge in [-0.05, 0) is 12.8 Å². The van der Waals surface area contributed by atoms with Gasteiger partial charge >= 0.3 is 0 Å². The summed E-state index contributed by atoms with van der Waals surface area (Å²) in [6, 6.07) is 0.403. The van der Waals surface area contributed by atoms with Gasteiger partial charge in [-0.3, -0.25) is 0 Å². The van der Waals surface area contributed by atoms with Crippen molar-refractivity contribution < 1.29 is 14.6 Å². The maximum Gasteiger partial charge on any atom is 0.0815 e. The van der Waals surface area contributed by atoms with Crippen LogP contribution in [0.5, 0.6) is 0 Å². The van der Waals surface area contributed by atoms with E-state index in [1.165, 1.54) is 12.8 Å². The van der Waals surface area contributed by atoms with Crippen molar-refractivity contribution >= 4 is 0 Å². The Kier molecular flexibility index (Phi) is 4.79. The minimum absolute atomic E-state index is 0.312. The minimum Gasteiger partial charge on any atom is -0.388 e. The third-order valence-electron chi connectivity index (χ3n) is 4.12. The van der Waals surface area contributed by atoms with Gasteiger partial charge in [0.25, 0.3) is 0 Å². The summed E-state index contributed by atoms with van der Waals surface area (Å²) in [6.07, 6.45) is 6.61. The lowest BCUT2D eigenvalue weighted by Crippen LogP contribution is -2.51. The van der Waals surface area contributed by atoms with Gasteiger partial charge in [0.15, 0.2) is 0 Å².